The summed E-state index contributed by atoms with van der Waals surface area (Å²) >= 11 is 3.66. The number of hydrogen-bond acceptors (Lipinski definition) is 3. The van der Waals surface area contributed by atoms with Crippen LogP contribution in [0.1, 0.15) is 23.6 Å². The van der Waals surface area contributed by atoms with Crippen molar-refractivity contribution in [3.05, 3.63) is 33.8 Å². The molecular weight excluding hydrogens is 328 g/mol. The summed E-state index contributed by atoms with van der Waals surface area (Å²) in [5.74, 6) is 0. The highest BCUT2D eigenvalue weighted by atomic mass is 79.9. The zero-order valence-corrected chi connectivity index (χ0v) is 13.6. The first-order valence-corrected chi connectivity index (χ1v) is 7.33. The summed E-state index contributed by atoms with van der Waals surface area (Å²) in [5.41, 5.74) is 2.55. The molecule has 0 aromatic heterocycles. The molecule has 5 heteroatoms. The fraction of sp³-hybridized carbons (Fsp3) is 0.571. The maximum absolute atomic E-state index is 9.32. The number of piperazine rings is 1. The lowest BCUT2D eigenvalue weighted by Crippen LogP contribution is -2.45. The second kappa shape index (κ2) is 8.22. The lowest BCUT2D eigenvalue weighted by atomic mass is 10.0. The monoisotopic (exact) mass is 348 g/mol. The Hall–Kier alpha value is -0.130. The topological polar surface area (TPSA) is 35.5 Å². The lowest BCUT2D eigenvalue weighted by molar-refractivity contribution is 0.140. The van der Waals surface area contributed by atoms with Crippen LogP contribution in [0.15, 0.2) is 22.7 Å². The van der Waals surface area contributed by atoms with Gasteiger partial charge in [0.05, 0.1) is 0 Å². The average molecular weight is 350 g/mol. The SMILES string of the molecule is Cc1ccc([C@@H](CCO)N2CCNCC2)c(Br)c1.Cl. The Morgan fingerprint density at radius 1 is 1.37 bits per heavy atom. The largest absolute Gasteiger partial charge is 0.396 e. The molecule has 1 saturated heterocycles. The number of benzene rings is 1. The number of rotatable bonds is 4. The molecule has 3 nitrogen and oxygen atoms in total. The molecule has 1 atom stereocenters. The molecule has 0 saturated carbocycles. The molecular formula is C14H22BrClN2O. The molecule has 1 aliphatic heterocycles. The van der Waals surface area contributed by atoms with Crippen molar-refractivity contribution in [2.75, 3.05) is 32.8 Å². The first kappa shape index (κ1) is 16.9. The highest BCUT2D eigenvalue weighted by Crippen LogP contribution is 2.31. The van der Waals surface area contributed by atoms with Crippen molar-refractivity contribution in [1.29, 1.82) is 0 Å². The summed E-state index contributed by atoms with van der Waals surface area (Å²) in [6.07, 6.45) is 0.793. The first-order valence-electron chi connectivity index (χ1n) is 6.54. The Labute approximate surface area is 129 Å². The number of aliphatic hydroxyl groups is 1. The number of nitrogens with one attached hydrogen (secondary N) is 1. The summed E-state index contributed by atoms with van der Waals surface area (Å²) in [4.78, 5) is 2.46. The van der Waals surface area contributed by atoms with E-state index in [0.29, 0.717) is 6.04 Å². The van der Waals surface area contributed by atoms with E-state index in [0.717, 1.165) is 37.1 Å². The highest BCUT2D eigenvalue weighted by Gasteiger charge is 2.23. The Balaban J connectivity index is 0.00000180. The maximum Gasteiger partial charge on any atom is 0.0449 e. The van der Waals surface area contributed by atoms with Crippen LogP contribution < -0.4 is 5.32 Å². The normalized spacial score (nSPS) is 17.8. The van der Waals surface area contributed by atoms with Crippen LogP contribution in [0.25, 0.3) is 0 Å². The zero-order chi connectivity index (χ0) is 13.0. The Morgan fingerprint density at radius 2 is 2.05 bits per heavy atom. The molecule has 0 amide bonds. The Morgan fingerprint density at radius 3 is 2.63 bits per heavy atom. The molecule has 1 heterocycles. The van der Waals surface area contributed by atoms with Crippen LogP contribution in [0.5, 0.6) is 0 Å². The van der Waals surface area contributed by atoms with Gasteiger partial charge >= 0.3 is 0 Å². The van der Waals surface area contributed by atoms with E-state index in [9.17, 15) is 5.11 Å². The van der Waals surface area contributed by atoms with Gasteiger partial charge in [-0.1, -0.05) is 28.1 Å². The smallest absolute Gasteiger partial charge is 0.0449 e. The molecule has 0 aliphatic carbocycles. The van der Waals surface area contributed by atoms with Crippen molar-refractivity contribution in [3.8, 4) is 0 Å². The van der Waals surface area contributed by atoms with Gasteiger partial charge in [-0.2, -0.15) is 0 Å². The average Bonchev–Trinajstić information content (AvgIpc) is 2.38. The minimum Gasteiger partial charge on any atom is -0.396 e. The number of aryl methyl sites for hydroxylation is 1. The minimum atomic E-state index is 0. The van der Waals surface area contributed by atoms with Crippen molar-refractivity contribution >= 4 is 28.3 Å². The molecule has 19 heavy (non-hydrogen) atoms. The van der Waals surface area contributed by atoms with Gasteiger partial charge in [-0.15, -0.1) is 12.4 Å². The molecule has 0 spiro atoms. The molecule has 1 aromatic rings. The van der Waals surface area contributed by atoms with Crippen molar-refractivity contribution in [1.82, 2.24) is 10.2 Å². The van der Waals surface area contributed by atoms with E-state index in [1.165, 1.54) is 11.1 Å². The van der Waals surface area contributed by atoms with Crippen molar-refractivity contribution in [2.45, 2.75) is 19.4 Å². The van der Waals surface area contributed by atoms with Gasteiger partial charge in [-0.05, 0) is 30.5 Å². The number of halogens is 2. The summed E-state index contributed by atoms with van der Waals surface area (Å²) < 4.78 is 1.15. The first-order chi connectivity index (χ1) is 8.72. The summed E-state index contributed by atoms with van der Waals surface area (Å²) in [7, 11) is 0. The van der Waals surface area contributed by atoms with E-state index in [4.69, 9.17) is 0 Å². The van der Waals surface area contributed by atoms with Gasteiger partial charge in [0.2, 0.25) is 0 Å². The van der Waals surface area contributed by atoms with Crippen LogP contribution in [0, 0.1) is 6.92 Å². The fourth-order valence-electron chi connectivity index (χ4n) is 2.55. The fourth-order valence-corrected chi connectivity index (χ4v) is 3.31. The minimum absolute atomic E-state index is 0. The second-order valence-corrected chi connectivity index (χ2v) is 5.69. The predicted molar refractivity (Wildman–Crippen MR) is 85.0 cm³/mol. The molecule has 2 rings (SSSR count). The molecule has 0 unspecified atom stereocenters. The van der Waals surface area contributed by atoms with E-state index < -0.39 is 0 Å². The molecule has 1 aromatic carbocycles. The van der Waals surface area contributed by atoms with Crippen LogP contribution in [-0.2, 0) is 0 Å². The van der Waals surface area contributed by atoms with Gasteiger partial charge in [0.25, 0.3) is 0 Å². The maximum atomic E-state index is 9.32. The molecule has 2 N–H and O–H groups in total. The number of aliphatic hydroxyl groups excluding tert-OH is 1. The van der Waals surface area contributed by atoms with Crippen LogP contribution >= 0.6 is 28.3 Å². The van der Waals surface area contributed by atoms with E-state index in [1.807, 2.05) is 0 Å². The van der Waals surface area contributed by atoms with E-state index in [2.05, 4.69) is 51.3 Å². The van der Waals surface area contributed by atoms with E-state index in [1.54, 1.807) is 0 Å². The highest BCUT2D eigenvalue weighted by molar-refractivity contribution is 9.10. The van der Waals surface area contributed by atoms with E-state index >= 15 is 0 Å². The third-order valence-corrected chi connectivity index (χ3v) is 4.20. The Kier molecular flexibility index (Phi) is 7.32. The molecule has 0 bridgehead atoms. The molecule has 1 aliphatic rings. The van der Waals surface area contributed by atoms with Crippen LogP contribution in [-0.4, -0.2) is 42.8 Å². The zero-order valence-electron chi connectivity index (χ0n) is 11.2. The van der Waals surface area contributed by atoms with Gasteiger partial charge in [-0.3, -0.25) is 4.90 Å². The summed E-state index contributed by atoms with van der Waals surface area (Å²) in [6, 6.07) is 6.79. The van der Waals surface area contributed by atoms with Gasteiger partial charge in [0.15, 0.2) is 0 Å². The Bertz CT molecular complexity index is 397. The van der Waals surface area contributed by atoms with Crippen molar-refractivity contribution < 1.29 is 5.11 Å². The standard InChI is InChI=1S/C14H21BrN2O.ClH/c1-11-2-3-12(13(15)10-11)14(4-9-18)17-7-5-16-6-8-17;/h2-3,10,14,16,18H,4-9H2,1H3;1H/t14-;/m1./s1. The molecule has 1 fully saturated rings. The third kappa shape index (κ3) is 4.43. The van der Waals surface area contributed by atoms with Crippen LogP contribution in [0.3, 0.4) is 0 Å². The third-order valence-electron chi connectivity index (χ3n) is 3.51. The quantitative estimate of drug-likeness (QED) is 0.877. The second-order valence-electron chi connectivity index (χ2n) is 4.84. The van der Waals surface area contributed by atoms with Gasteiger partial charge in [0, 0.05) is 43.3 Å². The summed E-state index contributed by atoms with van der Waals surface area (Å²) in [6.45, 7) is 6.49. The molecule has 0 radical (unpaired) electrons. The number of hydrogen-bond donors (Lipinski definition) is 2. The van der Waals surface area contributed by atoms with Crippen LogP contribution in [0.2, 0.25) is 0 Å². The van der Waals surface area contributed by atoms with Gasteiger partial charge < -0.3 is 10.4 Å². The lowest BCUT2D eigenvalue weighted by Gasteiger charge is -2.35. The van der Waals surface area contributed by atoms with E-state index in [-0.39, 0.29) is 19.0 Å². The van der Waals surface area contributed by atoms with Gasteiger partial charge in [0.1, 0.15) is 0 Å². The van der Waals surface area contributed by atoms with Gasteiger partial charge in [-0.25, -0.2) is 0 Å². The van der Waals surface area contributed by atoms with Crippen LogP contribution in [0.4, 0.5) is 0 Å². The van der Waals surface area contributed by atoms with Crippen molar-refractivity contribution in [2.24, 2.45) is 0 Å². The number of nitrogens with zero attached hydrogens (tertiary/aromatic N) is 1. The van der Waals surface area contributed by atoms with Crippen molar-refractivity contribution in [3.63, 3.8) is 0 Å². The summed E-state index contributed by atoms with van der Waals surface area (Å²) in [5, 5.41) is 12.7. The predicted octanol–water partition coefficient (Wildman–Crippen LogP) is 2.51. The molecule has 108 valence electrons.